The van der Waals surface area contributed by atoms with E-state index in [1.54, 1.807) is 13.0 Å². The van der Waals surface area contributed by atoms with Crippen molar-refractivity contribution >= 4 is 29.9 Å². The van der Waals surface area contributed by atoms with Crippen LogP contribution in [0.25, 0.3) is 0 Å². The molecule has 118 valence electrons. The highest BCUT2D eigenvalue weighted by molar-refractivity contribution is 5.95. The summed E-state index contributed by atoms with van der Waals surface area (Å²) >= 11 is 0. The number of hydrogen-bond acceptors (Lipinski definition) is 3. The Labute approximate surface area is 129 Å². The Kier molecular flexibility index (Phi) is 7.91. The number of hydrogen-bond donors (Lipinski definition) is 3. The summed E-state index contributed by atoms with van der Waals surface area (Å²) in [4.78, 5) is 23.2. The van der Waals surface area contributed by atoms with Crippen molar-refractivity contribution in [2.75, 3.05) is 11.9 Å². The average Bonchev–Trinajstić information content (AvgIpc) is 2.33. The van der Waals surface area contributed by atoms with Crippen LogP contribution in [-0.2, 0) is 9.59 Å². The van der Waals surface area contributed by atoms with Crippen molar-refractivity contribution in [1.82, 2.24) is 5.32 Å². The Bertz CT molecular complexity index is 489. The summed E-state index contributed by atoms with van der Waals surface area (Å²) in [5, 5.41) is 4.96. The fraction of sp³-hybridized carbons (Fsp3) is 0.429. The van der Waals surface area contributed by atoms with Gasteiger partial charge in [-0.15, -0.1) is 12.4 Å². The van der Waals surface area contributed by atoms with Gasteiger partial charge >= 0.3 is 0 Å². The molecule has 0 radical (unpaired) electrons. The van der Waals surface area contributed by atoms with Gasteiger partial charge < -0.3 is 16.4 Å². The van der Waals surface area contributed by atoms with Crippen molar-refractivity contribution in [3.05, 3.63) is 29.6 Å². The summed E-state index contributed by atoms with van der Waals surface area (Å²) in [5.41, 5.74) is 6.70. The van der Waals surface area contributed by atoms with Crippen LogP contribution in [0, 0.1) is 18.7 Å². The number of halogens is 2. The zero-order valence-electron chi connectivity index (χ0n) is 12.3. The minimum atomic E-state index is -0.654. The first-order valence-electron chi connectivity index (χ1n) is 6.40. The zero-order valence-corrected chi connectivity index (χ0v) is 13.1. The van der Waals surface area contributed by atoms with Gasteiger partial charge in [-0.05, 0) is 36.6 Å². The van der Waals surface area contributed by atoms with E-state index in [4.69, 9.17) is 5.73 Å². The van der Waals surface area contributed by atoms with Crippen LogP contribution in [0.1, 0.15) is 19.4 Å². The highest BCUT2D eigenvalue weighted by Crippen LogP contribution is 2.12. The summed E-state index contributed by atoms with van der Waals surface area (Å²) in [6.07, 6.45) is 0. The average molecular weight is 318 g/mol. The molecular formula is C14H21ClFN3O2. The molecule has 7 heteroatoms. The molecule has 0 heterocycles. The number of carbonyl (C=O) groups is 2. The van der Waals surface area contributed by atoms with Gasteiger partial charge in [0.25, 0.3) is 0 Å². The van der Waals surface area contributed by atoms with Gasteiger partial charge in [0.2, 0.25) is 11.8 Å². The zero-order chi connectivity index (χ0) is 15.3. The van der Waals surface area contributed by atoms with Crippen LogP contribution in [0.4, 0.5) is 10.1 Å². The van der Waals surface area contributed by atoms with E-state index in [2.05, 4.69) is 10.6 Å². The maximum atomic E-state index is 13.1. The van der Waals surface area contributed by atoms with Crippen LogP contribution in [0.3, 0.4) is 0 Å². The van der Waals surface area contributed by atoms with E-state index in [0.29, 0.717) is 11.3 Å². The van der Waals surface area contributed by atoms with Crippen molar-refractivity contribution < 1.29 is 14.0 Å². The highest BCUT2D eigenvalue weighted by atomic mass is 35.5. The number of benzene rings is 1. The number of anilines is 1. The lowest BCUT2D eigenvalue weighted by Gasteiger charge is -2.15. The lowest BCUT2D eigenvalue weighted by molar-refractivity contribution is -0.125. The van der Waals surface area contributed by atoms with E-state index >= 15 is 0 Å². The summed E-state index contributed by atoms with van der Waals surface area (Å²) < 4.78 is 13.1. The highest BCUT2D eigenvalue weighted by Gasteiger charge is 2.17. The molecule has 2 amide bonds. The van der Waals surface area contributed by atoms with E-state index in [1.807, 2.05) is 13.8 Å². The molecule has 0 saturated heterocycles. The number of rotatable bonds is 5. The van der Waals surface area contributed by atoms with Gasteiger partial charge in [0.15, 0.2) is 0 Å². The van der Waals surface area contributed by atoms with Gasteiger partial charge in [0, 0.05) is 5.69 Å². The van der Waals surface area contributed by atoms with E-state index in [9.17, 15) is 14.0 Å². The van der Waals surface area contributed by atoms with Crippen LogP contribution in [0.15, 0.2) is 18.2 Å². The fourth-order valence-electron chi connectivity index (χ4n) is 1.60. The van der Waals surface area contributed by atoms with Crippen molar-refractivity contribution in [2.24, 2.45) is 11.7 Å². The van der Waals surface area contributed by atoms with Crippen molar-refractivity contribution in [3.8, 4) is 0 Å². The lowest BCUT2D eigenvalue weighted by atomic mass is 10.1. The summed E-state index contributed by atoms with van der Waals surface area (Å²) in [5.74, 6) is -1.25. The first kappa shape index (κ1) is 19.3. The SMILES string of the molecule is Cc1cc(F)cc(NC(=O)CNC(=O)[C@@H](N)C(C)C)c1.Cl. The normalized spacial score (nSPS) is 11.5. The summed E-state index contributed by atoms with van der Waals surface area (Å²) in [6, 6.07) is 3.56. The van der Waals surface area contributed by atoms with Gasteiger partial charge in [0.05, 0.1) is 12.6 Å². The van der Waals surface area contributed by atoms with Crippen LogP contribution < -0.4 is 16.4 Å². The summed E-state index contributed by atoms with van der Waals surface area (Å²) in [7, 11) is 0. The molecule has 1 atom stereocenters. The molecule has 0 fully saturated rings. The molecule has 0 unspecified atom stereocenters. The van der Waals surface area contributed by atoms with Crippen molar-refractivity contribution in [3.63, 3.8) is 0 Å². The standard InChI is InChI=1S/C14H20FN3O2.ClH/c1-8(2)13(16)14(20)17-7-12(19)18-11-5-9(3)4-10(15)6-11;/h4-6,8,13H,7,16H2,1-3H3,(H,17,20)(H,18,19);1H/t13-;/m0./s1. The van der Waals surface area contributed by atoms with Crippen LogP contribution in [0.2, 0.25) is 0 Å². The van der Waals surface area contributed by atoms with Gasteiger partial charge in [-0.2, -0.15) is 0 Å². The fourth-order valence-corrected chi connectivity index (χ4v) is 1.60. The molecule has 21 heavy (non-hydrogen) atoms. The second kappa shape index (κ2) is 8.59. The number of carbonyl (C=O) groups excluding carboxylic acids is 2. The molecule has 0 spiro atoms. The Balaban J connectivity index is 0.00000400. The van der Waals surface area contributed by atoms with Crippen LogP contribution in [-0.4, -0.2) is 24.4 Å². The van der Waals surface area contributed by atoms with Gasteiger partial charge in [-0.25, -0.2) is 4.39 Å². The Morgan fingerprint density at radius 1 is 1.29 bits per heavy atom. The van der Waals surface area contributed by atoms with Crippen LogP contribution >= 0.6 is 12.4 Å². The number of nitrogens with one attached hydrogen (secondary N) is 2. The van der Waals surface area contributed by atoms with Gasteiger partial charge in [-0.1, -0.05) is 13.8 Å². The smallest absolute Gasteiger partial charge is 0.243 e. The van der Waals surface area contributed by atoms with Crippen molar-refractivity contribution in [1.29, 1.82) is 0 Å². The lowest BCUT2D eigenvalue weighted by Crippen LogP contribution is -2.46. The first-order valence-corrected chi connectivity index (χ1v) is 6.40. The molecule has 0 aromatic heterocycles. The number of nitrogens with two attached hydrogens (primary N) is 1. The second-order valence-electron chi connectivity index (χ2n) is 5.05. The monoisotopic (exact) mass is 317 g/mol. The Morgan fingerprint density at radius 3 is 2.43 bits per heavy atom. The van der Waals surface area contributed by atoms with E-state index < -0.39 is 17.8 Å². The largest absolute Gasteiger partial charge is 0.346 e. The molecule has 0 aliphatic carbocycles. The molecular weight excluding hydrogens is 297 g/mol. The minimum Gasteiger partial charge on any atom is -0.346 e. The predicted molar refractivity (Wildman–Crippen MR) is 82.8 cm³/mol. The molecule has 4 N–H and O–H groups in total. The molecule has 0 saturated carbocycles. The van der Waals surface area contributed by atoms with Crippen molar-refractivity contribution in [2.45, 2.75) is 26.8 Å². The molecule has 0 aliphatic heterocycles. The predicted octanol–water partition coefficient (Wildman–Crippen LogP) is 1.59. The topological polar surface area (TPSA) is 84.2 Å². The Morgan fingerprint density at radius 2 is 1.90 bits per heavy atom. The maximum Gasteiger partial charge on any atom is 0.243 e. The Hall–Kier alpha value is -1.66. The number of amides is 2. The molecule has 0 aliphatic rings. The van der Waals surface area contributed by atoms with E-state index in [-0.39, 0.29) is 30.8 Å². The minimum absolute atomic E-state index is 0. The molecule has 5 nitrogen and oxygen atoms in total. The third kappa shape index (κ3) is 6.55. The third-order valence-corrected chi connectivity index (χ3v) is 2.77. The molecule has 1 rings (SSSR count). The second-order valence-corrected chi connectivity index (χ2v) is 5.05. The van der Waals surface area contributed by atoms with Gasteiger partial charge in [-0.3, -0.25) is 9.59 Å². The summed E-state index contributed by atoms with van der Waals surface area (Å²) in [6.45, 7) is 5.16. The number of aryl methyl sites for hydroxylation is 1. The van der Waals surface area contributed by atoms with E-state index in [1.165, 1.54) is 12.1 Å². The van der Waals surface area contributed by atoms with E-state index in [0.717, 1.165) is 0 Å². The molecule has 1 aromatic carbocycles. The maximum absolute atomic E-state index is 13.1. The molecule has 1 aromatic rings. The molecule has 0 bridgehead atoms. The third-order valence-electron chi connectivity index (χ3n) is 2.77. The van der Waals surface area contributed by atoms with Gasteiger partial charge in [0.1, 0.15) is 5.82 Å². The van der Waals surface area contributed by atoms with Crippen LogP contribution in [0.5, 0.6) is 0 Å². The quantitative estimate of drug-likeness (QED) is 0.771. The first-order chi connectivity index (χ1) is 9.29.